The lowest BCUT2D eigenvalue weighted by molar-refractivity contribution is 0.411. The van der Waals surface area contributed by atoms with Crippen molar-refractivity contribution >= 4 is 0 Å². The van der Waals surface area contributed by atoms with Gasteiger partial charge in [-0.1, -0.05) is 0 Å². The van der Waals surface area contributed by atoms with Gasteiger partial charge in [-0.3, -0.25) is 0 Å². The van der Waals surface area contributed by atoms with Crippen molar-refractivity contribution in [1.82, 2.24) is 9.97 Å². The van der Waals surface area contributed by atoms with E-state index in [0.29, 0.717) is 0 Å². The normalized spacial score (nSPS) is 10.4. The zero-order valence-electron chi connectivity index (χ0n) is 11.0. The van der Waals surface area contributed by atoms with Crippen molar-refractivity contribution in [2.45, 2.75) is 20.8 Å². The van der Waals surface area contributed by atoms with E-state index in [1.807, 2.05) is 32.9 Å². The second kappa shape index (κ2) is 4.64. The third-order valence-electron chi connectivity index (χ3n) is 3.01. The fraction of sp³-hybridized carbons (Fsp3) is 0.286. The number of aromatic nitrogens is 2. The number of ether oxygens (including phenoxy) is 1. The first-order valence-corrected chi connectivity index (χ1v) is 5.74. The van der Waals surface area contributed by atoms with E-state index < -0.39 is 0 Å². The van der Waals surface area contributed by atoms with E-state index in [9.17, 15) is 4.79 Å². The summed E-state index contributed by atoms with van der Waals surface area (Å²) in [7, 11) is 1.65. The smallest absolute Gasteiger partial charge is 0.345 e. The molecule has 0 aliphatic heterocycles. The van der Waals surface area contributed by atoms with Crippen molar-refractivity contribution in [3.05, 3.63) is 45.5 Å². The summed E-state index contributed by atoms with van der Waals surface area (Å²) in [6.07, 6.45) is 1.59. The average molecular weight is 244 g/mol. The van der Waals surface area contributed by atoms with E-state index in [-0.39, 0.29) is 5.69 Å². The number of hydrogen-bond acceptors (Lipinski definition) is 3. The molecular weight excluding hydrogens is 228 g/mol. The highest BCUT2D eigenvalue weighted by Crippen LogP contribution is 2.29. The molecule has 94 valence electrons. The van der Waals surface area contributed by atoms with Crippen LogP contribution < -0.4 is 10.4 Å². The van der Waals surface area contributed by atoms with Crippen LogP contribution in [0.5, 0.6) is 5.75 Å². The van der Waals surface area contributed by atoms with Gasteiger partial charge in [0.2, 0.25) is 0 Å². The van der Waals surface area contributed by atoms with Crippen molar-refractivity contribution in [3.8, 4) is 17.0 Å². The molecule has 2 rings (SSSR count). The Morgan fingerprint density at radius 3 is 2.50 bits per heavy atom. The van der Waals surface area contributed by atoms with Crippen LogP contribution in [0.15, 0.2) is 23.1 Å². The molecule has 0 unspecified atom stereocenters. The van der Waals surface area contributed by atoms with E-state index >= 15 is 0 Å². The summed E-state index contributed by atoms with van der Waals surface area (Å²) < 4.78 is 5.29. The van der Waals surface area contributed by atoms with Gasteiger partial charge in [-0.2, -0.15) is 0 Å². The molecule has 0 amide bonds. The van der Waals surface area contributed by atoms with Crippen LogP contribution in [0.3, 0.4) is 0 Å². The molecule has 0 radical (unpaired) electrons. The molecular formula is C14H16N2O2. The Bertz CT molecular complexity index is 645. The second-order valence-corrected chi connectivity index (χ2v) is 4.38. The van der Waals surface area contributed by atoms with Crippen LogP contribution in [0.25, 0.3) is 11.3 Å². The molecule has 4 heteroatoms. The van der Waals surface area contributed by atoms with E-state index in [2.05, 4.69) is 9.97 Å². The minimum absolute atomic E-state index is 0.330. The first-order valence-electron chi connectivity index (χ1n) is 5.74. The van der Waals surface area contributed by atoms with Gasteiger partial charge < -0.3 is 9.72 Å². The summed E-state index contributed by atoms with van der Waals surface area (Å²) >= 11 is 0. The summed E-state index contributed by atoms with van der Waals surface area (Å²) in [5.74, 6) is 0.852. The Kier molecular flexibility index (Phi) is 3.19. The van der Waals surface area contributed by atoms with Gasteiger partial charge in [0.25, 0.3) is 0 Å². The van der Waals surface area contributed by atoms with Crippen LogP contribution >= 0.6 is 0 Å². The highest BCUT2D eigenvalue weighted by molar-refractivity contribution is 5.68. The predicted octanol–water partition coefficient (Wildman–Crippen LogP) is 2.37. The van der Waals surface area contributed by atoms with Crippen molar-refractivity contribution < 1.29 is 4.74 Å². The number of benzene rings is 1. The lowest BCUT2D eigenvalue weighted by atomic mass is 9.99. The maximum absolute atomic E-state index is 11.3. The highest BCUT2D eigenvalue weighted by Gasteiger charge is 2.10. The van der Waals surface area contributed by atoms with Crippen molar-refractivity contribution in [2.75, 3.05) is 7.11 Å². The van der Waals surface area contributed by atoms with Gasteiger partial charge in [-0.15, -0.1) is 0 Å². The number of H-pyrrole nitrogens is 1. The summed E-state index contributed by atoms with van der Waals surface area (Å²) in [6, 6.07) is 4.00. The zero-order valence-corrected chi connectivity index (χ0v) is 11.0. The SMILES string of the molecule is COc1cc(C)c(-c2[nH]c(=O)ncc2C)cc1C. The maximum atomic E-state index is 11.3. The first-order chi connectivity index (χ1) is 8.52. The molecule has 1 aromatic heterocycles. The monoisotopic (exact) mass is 244 g/mol. The van der Waals surface area contributed by atoms with Crippen LogP contribution in [0.2, 0.25) is 0 Å². The van der Waals surface area contributed by atoms with Gasteiger partial charge in [0.1, 0.15) is 5.75 Å². The number of hydrogen-bond donors (Lipinski definition) is 1. The van der Waals surface area contributed by atoms with E-state index in [4.69, 9.17) is 4.74 Å². The van der Waals surface area contributed by atoms with Crippen molar-refractivity contribution in [1.29, 1.82) is 0 Å². The Morgan fingerprint density at radius 2 is 1.83 bits per heavy atom. The summed E-state index contributed by atoms with van der Waals surface area (Å²) in [6.45, 7) is 5.91. The number of rotatable bonds is 2. The molecule has 0 aliphatic rings. The molecule has 0 saturated heterocycles. The van der Waals surface area contributed by atoms with Gasteiger partial charge in [0.15, 0.2) is 0 Å². The molecule has 1 aromatic carbocycles. The Balaban J connectivity index is 2.68. The molecule has 0 fully saturated rings. The van der Waals surface area contributed by atoms with E-state index in [1.54, 1.807) is 13.3 Å². The molecule has 1 N–H and O–H groups in total. The van der Waals surface area contributed by atoms with Gasteiger partial charge in [0.05, 0.1) is 12.8 Å². The number of methoxy groups -OCH3 is 1. The standard InChI is InChI=1S/C14H16N2O2/c1-8-6-12(18-4)9(2)5-11(8)13-10(3)7-15-14(17)16-13/h5-7H,1-4H3,(H,15,16,17). The molecule has 0 spiro atoms. The molecule has 0 bridgehead atoms. The van der Waals surface area contributed by atoms with E-state index in [1.165, 1.54) is 0 Å². The molecule has 4 nitrogen and oxygen atoms in total. The minimum Gasteiger partial charge on any atom is -0.496 e. The summed E-state index contributed by atoms with van der Waals surface area (Å²) in [4.78, 5) is 17.8. The van der Waals surface area contributed by atoms with Gasteiger partial charge >= 0.3 is 5.69 Å². The maximum Gasteiger partial charge on any atom is 0.345 e. The van der Waals surface area contributed by atoms with Gasteiger partial charge in [0, 0.05) is 11.8 Å². The second-order valence-electron chi connectivity index (χ2n) is 4.38. The van der Waals surface area contributed by atoms with Crippen molar-refractivity contribution in [2.24, 2.45) is 0 Å². The Morgan fingerprint density at radius 1 is 1.11 bits per heavy atom. The first kappa shape index (κ1) is 12.4. The van der Waals surface area contributed by atoms with Gasteiger partial charge in [-0.05, 0) is 49.6 Å². The third-order valence-corrected chi connectivity index (χ3v) is 3.01. The zero-order chi connectivity index (χ0) is 13.3. The highest BCUT2D eigenvalue weighted by atomic mass is 16.5. The molecule has 0 saturated carbocycles. The molecule has 2 aromatic rings. The van der Waals surface area contributed by atoms with Crippen LogP contribution in [0.4, 0.5) is 0 Å². The fourth-order valence-corrected chi connectivity index (χ4v) is 2.02. The Hall–Kier alpha value is -2.10. The van der Waals surface area contributed by atoms with Gasteiger partial charge in [-0.25, -0.2) is 9.78 Å². The number of nitrogens with one attached hydrogen (secondary N) is 1. The molecule has 0 atom stereocenters. The van der Waals surface area contributed by atoms with Crippen LogP contribution in [0, 0.1) is 20.8 Å². The summed E-state index contributed by atoms with van der Waals surface area (Å²) in [5.41, 5.74) is 4.53. The average Bonchev–Trinajstić information content (AvgIpc) is 2.35. The quantitative estimate of drug-likeness (QED) is 0.882. The number of aryl methyl sites for hydroxylation is 3. The molecule has 18 heavy (non-hydrogen) atoms. The Labute approximate surface area is 106 Å². The number of aromatic amines is 1. The summed E-state index contributed by atoms with van der Waals surface area (Å²) in [5, 5.41) is 0. The van der Waals surface area contributed by atoms with E-state index in [0.717, 1.165) is 33.7 Å². The lowest BCUT2D eigenvalue weighted by Crippen LogP contribution is -2.11. The van der Waals surface area contributed by atoms with Crippen LogP contribution in [-0.2, 0) is 0 Å². The lowest BCUT2D eigenvalue weighted by Gasteiger charge is -2.12. The fourth-order valence-electron chi connectivity index (χ4n) is 2.02. The number of nitrogens with zero attached hydrogens (tertiary/aromatic N) is 1. The van der Waals surface area contributed by atoms with Crippen LogP contribution in [0.1, 0.15) is 16.7 Å². The van der Waals surface area contributed by atoms with Crippen molar-refractivity contribution in [3.63, 3.8) is 0 Å². The largest absolute Gasteiger partial charge is 0.496 e. The van der Waals surface area contributed by atoms with Crippen LogP contribution in [-0.4, -0.2) is 17.1 Å². The third kappa shape index (κ3) is 2.14. The topological polar surface area (TPSA) is 55.0 Å². The minimum atomic E-state index is -0.330. The molecule has 0 aliphatic carbocycles. The molecule has 1 heterocycles. The predicted molar refractivity (Wildman–Crippen MR) is 71.1 cm³/mol.